The van der Waals surface area contributed by atoms with Crippen LogP contribution >= 0.6 is 0 Å². The van der Waals surface area contributed by atoms with Gasteiger partial charge in [0.2, 0.25) is 0 Å². The van der Waals surface area contributed by atoms with E-state index in [2.05, 4.69) is 14.0 Å². The Kier molecular flexibility index (Phi) is 29.2. The highest BCUT2D eigenvalue weighted by molar-refractivity contribution is 5.98. The van der Waals surface area contributed by atoms with Crippen molar-refractivity contribution in [2.24, 2.45) is 0 Å². The van der Waals surface area contributed by atoms with Crippen LogP contribution in [0.5, 0.6) is 0 Å². The summed E-state index contributed by atoms with van der Waals surface area (Å²) in [5, 5.41) is 27.3. The van der Waals surface area contributed by atoms with Crippen LogP contribution < -0.4 is 0 Å². The Morgan fingerprint density at radius 1 is 0.410 bits per heavy atom. The maximum Gasteiger partial charge on any atom is 0.283 e. The zero-order chi connectivity index (χ0) is 30.1. The van der Waals surface area contributed by atoms with Crippen molar-refractivity contribution in [3.05, 3.63) is 0 Å². The second-order valence-corrected chi connectivity index (χ2v) is 9.45. The van der Waals surface area contributed by atoms with E-state index in [1.54, 1.807) is 41.5 Å². The van der Waals surface area contributed by atoms with Gasteiger partial charge in [0, 0.05) is 0 Å². The molecule has 0 aliphatic carbocycles. The minimum Gasteiger partial charge on any atom is -0.443 e. The summed E-state index contributed by atoms with van der Waals surface area (Å²) in [6, 6.07) is 0. The van der Waals surface area contributed by atoms with Gasteiger partial charge in [0.25, 0.3) is 24.1 Å². The van der Waals surface area contributed by atoms with E-state index in [1.165, 1.54) is 0 Å². The summed E-state index contributed by atoms with van der Waals surface area (Å²) in [5.41, 5.74) is 0. The van der Waals surface area contributed by atoms with Gasteiger partial charge in [0.1, 0.15) is 12.2 Å². The first-order chi connectivity index (χ1) is 18.4. The minimum absolute atomic E-state index is 0.191. The fourth-order valence-electron chi connectivity index (χ4n) is 2.42. The Balaban J connectivity index is 0. The zero-order valence-corrected chi connectivity index (χ0v) is 24.4. The van der Waals surface area contributed by atoms with E-state index in [4.69, 9.17) is 67.9 Å². The molecular weight excluding hydrogens is 513 g/mol. The molecule has 39 heavy (non-hydrogen) atoms. The number of hydrogen-bond donors (Lipinski definition) is 3. The van der Waals surface area contributed by atoms with Crippen LogP contribution in [0.4, 0.5) is 0 Å². The van der Waals surface area contributed by atoms with E-state index in [9.17, 15) is 0 Å². The van der Waals surface area contributed by atoms with Gasteiger partial charge in [-0.2, -0.15) is 0 Å². The molecule has 3 N–H and O–H groups in total. The third-order valence-electron chi connectivity index (χ3n) is 4.47. The third kappa shape index (κ3) is 30.5. The van der Waals surface area contributed by atoms with Crippen LogP contribution in [0.1, 0.15) is 41.5 Å². The van der Waals surface area contributed by atoms with E-state index in [0.717, 1.165) is 0 Å². The van der Waals surface area contributed by atoms with Crippen molar-refractivity contribution < 1.29 is 57.7 Å². The van der Waals surface area contributed by atoms with Crippen molar-refractivity contribution in [2.75, 3.05) is 66.1 Å². The summed E-state index contributed by atoms with van der Waals surface area (Å²) in [5.74, 6) is 0. The third-order valence-corrected chi connectivity index (χ3v) is 4.47. The van der Waals surface area contributed by atoms with E-state index >= 15 is 0 Å². The number of ether oxygens (including phenoxy) is 6. The molecule has 0 aromatic carbocycles. The molecule has 0 bridgehead atoms. The Morgan fingerprint density at radius 3 is 1.00 bits per heavy atom. The van der Waals surface area contributed by atoms with E-state index < -0.39 is 18.3 Å². The molecular formula is C24H49B3O12. The Hall–Kier alpha value is -0.285. The normalized spacial score (nSPS) is 17.8. The van der Waals surface area contributed by atoms with Gasteiger partial charge < -0.3 is 57.7 Å². The largest absolute Gasteiger partial charge is 0.443 e. The molecule has 0 aliphatic heterocycles. The molecule has 6 radical (unpaired) electrons. The highest BCUT2D eigenvalue weighted by atomic mass is 16.6. The molecule has 0 spiro atoms. The lowest BCUT2D eigenvalue weighted by molar-refractivity contribution is -0.0927. The lowest BCUT2D eigenvalue weighted by Gasteiger charge is -2.22. The van der Waals surface area contributed by atoms with Crippen LogP contribution in [0.2, 0.25) is 0 Å². The van der Waals surface area contributed by atoms with Crippen LogP contribution in [0.15, 0.2) is 0 Å². The number of rotatable bonds is 25. The molecule has 0 aromatic rings. The van der Waals surface area contributed by atoms with Crippen LogP contribution in [0.3, 0.4) is 0 Å². The van der Waals surface area contributed by atoms with E-state index in [1.807, 2.05) is 0 Å². The molecule has 0 saturated carbocycles. The number of hydrogen-bond acceptors (Lipinski definition) is 12. The maximum atomic E-state index is 9.14. The summed E-state index contributed by atoms with van der Waals surface area (Å²) in [6.45, 7) is 13.2. The molecule has 0 aliphatic rings. The Morgan fingerprint density at radius 2 is 0.692 bits per heavy atom. The fourth-order valence-corrected chi connectivity index (χ4v) is 2.42. The van der Waals surface area contributed by atoms with Crippen LogP contribution in [0, 0.1) is 0 Å². The molecule has 6 atom stereocenters. The molecule has 0 fully saturated rings. The molecule has 0 heterocycles. The first-order valence-electron chi connectivity index (χ1n) is 13.1. The molecule has 12 nitrogen and oxygen atoms in total. The Labute approximate surface area is 238 Å². The molecule has 0 saturated heterocycles. The van der Waals surface area contributed by atoms with Gasteiger partial charge in [-0.3, -0.25) is 0 Å². The topological polar surface area (TPSA) is 144 Å². The predicted octanol–water partition coefficient (Wildman–Crippen LogP) is -0.582. The summed E-state index contributed by atoms with van der Waals surface area (Å²) >= 11 is 0. The SMILES string of the molecule is CC(O)COCC(COCC(C)O)OCC(C)O.[B]OC(C)COCC(COCC(C)O[B])OCC(C)O[B]. The zero-order valence-electron chi connectivity index (χ0n) is 24.4. The van der Waals surface area contributed by atoms with Gasteiger partial charge in [-0.25, -0.2) is 0 Å². The minimum atomic E-state index is -0.555. The second kappa shape index (κ2) is 27.9. The second-order valence-electron chi connectivity index (χ2n) is 9.45. The van der Waals surface area contributed by atoms with E-state index in [0.29, 0.717) is 33.0 Å². The highest BCUT2D eigenvalue weighted by Crippen LogP contribution is 2.02. The first-order valence-corrected chi connectivity index (χ1v) is 13.1. The fraction of sp³-hybridized carbons (Fsp3) is 1.00. The Bertz CT molecular complexity index is 479. The monoisotopic (exact) mass is 562 g/mol. The van der Waals surface area contributed by atoms with Crippen LogP contribution in [-0.4, -0.2) is 154 Å². The molecule has 6 unspecified atom stereocenters. The van der Waals surface area contributed by atoms with Crippen LogP contribution in [0.25, 0.3) is 0 Å². The van der Waals surface area contributed by atoms with Crippen molar-refractivity contribution in [1.29, 1.82) is 0 Å². The summed E-state index contributed by atoms with van der Waals surface area (Å²) in [7, 11) is 15.2. The van der Waals surface area contributed by atoms with Crippen molar-refractivity contribution in [1.82, 2.24) is 0 Å². The lowest BCUT2D eigenvalue weighted by Crippen LogP contribution is -2.32. The summed E-state index contributed by atoms with van der Waals surface area (Å²) in [4.78, 5) is 0. The summed E-state index contributed by atoms with van der Waals surface area (Å²) in [6.07, 6.45) is -2.80. The van der Waals surface area contributed by atoms with Crippen molar-refractivity contribution >= 4 is 24.1 Å². The quantitative estimate of drug-likeness (QED) is 0.123. The van der Waals surface area contributed by atoms with Crippen LogP contribution in [-0.2, 0) is 42.4 Å². The van der Waals surface area contributed by atoms with E-state index in [-0.39, 0.29) is 63.6 Å². The predicted molar refractivity (Wildman–Crippen MR) is 147 cm³/mol. The van der Waals surface area contributed by atoms with Gasteiger partial charge in [0.15, 0.2) is 0 Å². The number of aliphatic hydroxyl groups excluding tert-OH is 3. The van der Waals surface area contributed by atoms with Gasteiger partial charge in [-0.05, 0) is 41.5 Å². The van der Waals surface area contributed by atoms with Crippen molar-refractivity contribution in [2.45, 2.75) is 90.4 Å². The number of aliphatic hydroxyl groups is 3. The summed E-state index contributed by atoms with van der Waals surface area (Å²) < 4.78 is 46.3. The molecule has 0 amide bonds. The van der Waals surface area contributed by atoms with Gasteiger partial charge >= 0.3 is 0 Å². The standard InChI is InChI=1S/C12H23B3O6.C12H26O6/c1-9(19-13)4-16-7-12(18-6-11(3)21-15)8-17-5-10(2)20-14;1-9(13)4-16-7-12(18-6-11(3)15)8-17-5-10(2)14/h9-12H,4-8H2,1-3H3;9-15H,4-8H2,1-3H3. The maximum absolute atomic E-state index is 9.14. The van der Waals surface area contributed by atoms with Crippen molar-refractivity contribution in [3.63, 3.8) is 0 Å². The van der Waals surface area contributed by atoms with Gasteiger partial charge in [-0.1, -0.05) is 0 Å². The van der Waals surface area contributed by atoms with Crippen molar-refractivity contribution in [3.8, 4) is 0 Å². The average Bonchev–Trinajstić information content (AvgIpc) is 2.88. The lowest BCUT2D eigenvalue weighted by atomic mass is 10.3. The first kappa shape index (κ1) is 40.9. The molecule has 0 aromatic heterocycles. The average molecular weight is 562 g/mol. The molecule has 226 valence electrons. The highest BCUT2D eigenvalue weighted by Gasteiger charge is 2.14. The van der Waals surface area contributed by atoms with Gasteiger partial charge in [-0.15, -0.1) is 0 Å². The van der Waals surface area contributed by atoms with Gasteiger partial charge in [0.05, 0.1) is 103 Å². The molecule has 0 rings (SSSR count). The smallest absolute Gasteiger partial charge is 0.283 e. The molecule has 15 heteroatoms.